The molecular weight excluding hydrogens is 399 g/mol. The van der Waals surface area contributed by atoms with Gasteiger partial charge in [0.15, 0.2) is 6.61 Å². The summed E-state index contributed by atoms with van der Waals surface area (Å²) in [6.07, 6.45) is 0.326. The first-order chi connectivity index (χ1) is 13.8. The van der Waals surface area contributed by atoms with Crippen LogP contribution in [0.3, 0.4) is 0 Å². The molecule has 0 bridgehead atoms. The Balaban J connectivity index is 1.95. The second kappa shape index (κ2) is 10.6. The van der Waals surface area contributed by atoms with E-state index < -0.39 is 36.2 Å². The van der Waals surface area contributed by atoms with Gasteiger partial charge in [-0.1, -0.05) is 37.6 Å². The van der Waals surface area contributed by atoms with Crippen molar-refractivity contribution in [3.63, 3.8) is 0 Å². The van der Waals surface area contributed by atoms with Gasteiger partial charge in [0.05, 0.1) is 5.69 Å². The van der Waals surface area contributed by atoms with E-state index in [1.54, 1.807) is 18.2 Å². The number of hydrogen-bond acceptors (Lipinski definition) is 4. The third-order valence-electron chi connectivity index (χ3n) is 3.90. The molecule has 0 aliphatic heterocycles. The Kier molecular flexibility index (Phi) is 8.15. The Labute approximate surface area is 173 Å². The molecule has 2 rings (SSSR count). The van der Waals surface area contributed by atoms with E-state index in [9.17, 15) is 18.8 Å². The van der Waals surface area contributed by atoms with Gasteiger partial charge in [0.25, 0.3) is 11.8 Å². The number of hydrogen-bond donors (Lipinski definition) is 2. The van der Waals surface area contributed by atoms with Crippen LogP contribution in [0.15, 0.2) is 48.5 Å². The molecule has 0 heterocycles. The van der Waals surface area contributed by atoms with Crippen LogP contribution in [0, 0.1) is 11.7 Å². The molecule has 0 unspecified atom stereocenters. The van der Waals surface area contributed by atoms with Crippen LogP contribution >= 0.6 is 11.6 Å². The van der Waals surface area contributed by atoms with Gasteiger partial charge in [0.2, 0.25) is 0 Å². The Morgan fingerprint density at radius 1 is 1.07 bits per heavy atom. The van der Waals surface area contributed by atoms with Crippen molar-refractivity contribution >= 4 is 35.1 Å². The smallest absolute Gasteiger partial charge is 0.329 e. The number of para-hydroxylation sites is 1. The number of carbonyl (C=O) groups excluding carboxylic acids is 3. The van der Waals surface area contributed by atoms with Gasteiger partial charge in [0, 0.05) is 10.6 Å². The number of carbonyl (C=O) groups is 3. The third-order valence-corrected chi connectivity index (χ3v) is 4.15. The zero-order valence-corrected chi connectivity index (χ0v) is 16.8. The van der Waals surface area contributed by atoms with Crippen LogP contribution in [0.25, 0.3) is 0 Å². The monoisotopic (exact) mass is 420 g/mol. The van der Waals surface area contributed by atoms with Gasteiger partial charge in [-0.3, -0.25) is 9.59 Å². The first kappa shape index (κ1) is 22.4. The summed E-state index contributed by atoms with van der Waals surface area (Å²) in [5.41, 5.74) is 0.330. The molecule has 0 saturated heterocycles. The van der Waals surface area contributed by atoms with Crippen molar-refractivity contribution in [2.24, 2.45) is 5.92 Å². The molecule has 0 spiro atoms. The van der Waals surface area contributed by atoms with E-state index in [1.165, 1.54) is 30.3 Å². The van der Waals surface area contributed by atoms with Gasteiger partial charge in [-0.2, -0.15) is 0 Å². The highest BCUT2D eigenvalue weighted by atomic mass is 35.5. The fourth-order valence-electron chi connectivity index (χ4n) is 2.51. The molecule has 0 aliphatic rings. The summed E-state index contributed by atoms with van der Waals surface area (Å²) in [5, 5.41) is 5.43. The summed E-state index contributed by atoms with van der Waals surface area (Å²) < 4.78 is 18.6. The average Bonchev–Trinajstić information content (AvgIpc) is 2.67. The van der Waals surface area contributed by atoms with Gasteiger partial charge in [0.1, 0.15) is 11.9 Å². The number of rotatable bonds is 8. The van der Waals surface area contributed by atoms with Crippen molar-refractivity contribution in [1.29, 1.82) is 0 Å². The zero-order valence-electron chi connectivity index (χ0n) is 16.1. The first-order valence-corrected chi connectivity index (χ1v) is 9.41. The molecule has 2 N–H and O–H groups in total. The molecule has 2 amide bonds. The SMILES string of the molecule is CC(C)C[C@@H](NC(=O)c1ccc(Cl)cc1)C(=O)OCC(=O)Nc1ccccc1F. The quantitative estimate of drug-likeness (QED) is 0.636. The summed E-state index contributed by atoms with van der Waals surface area (Å²) in [6.45, 7) is 3.18. The van der Waals surface area contributed by atoms with Crippen molar-refractivity contribution < 1.29 is 23.5 Å². The third kappa shape index (κ3) is 7.19. The van der Waals surface area contributed by atoms with Gasteiger partial charge >= 0.3 is 5.97 Å². The Bertz CT molecular complexity index is 871. The molecule has 29 heavy (non-hydrogen) atoms. The molecule has 154 valence electrons. The van der Waals surface area contributed by atoms with E-state index in [2.05, 4.69) is 10.6 Å². The molecule has 0 aromatic heterocycles. The Morgan fingerprint density at radius 2 is 1.72 bits per heavy atom. The number of benzene rings is 2. The fourth-order valence-corrected chi connectivity index (χ4v) is 2.64. The Morgan fingerprint density at radius 3 is 2.34 bits per heavy atom. The summed E-state index contributed by atoms with van der Waals surface area (Å²) in [5.74, 6) is -2.40. The Hall–Kier alpha value is -2.93. The zero-order chi connectivity index (χ0) is 21.4. The van der Waals surface area contributed by atoms with Gasteiger partial charge in [-0.25, -0.2) is 9.18 Å². The van der Waals surface area contributed by atoms with E-state index in [-0.39, 0.29) is 11.6 Å². The van der Waals surface area contributed by atoms with Gasteiger partial charge in [-0.05, 0) is 48.7 Å². The molecular formula is C21H22ClFN2O4. The molecule has 0 saturated carbocycles. The predicted molar refractivity (Wildman–Crippen MR) is 108 cm³/mol. The van der Waals surface area contributed by atoms with Crippen LogP contribution in [-0.2, 0) is 14.3 Å². The highest BCUT2D eigenvalue weighted by Gasteiger charge is 2.25. The summed E-state index contributed by atoms with van der Waals surface area (Å²) in [4.78, 5) is 36.7. The van der Waals surface area contributed by atoms with Crippen LogP contribution < -0.4 is 10.6 Å². The minimum Gasteiger partial charge on any atom is -0.454 e. The van der Waals surface area contributed by atoms with Gasteiger partial charge < -0.3 is 15.4 Å². The van der Waals surface area contributed by atoms with E-state index >= 15 is 0 Å². The number of nitrogens with one attached hydrogen (secondary N) is 2. The van der Waals surface area contributed by atoms with Crippen molar-refractivity contribution in [2.45, 2.75) is 26.3 Å². The van der Waals surface area contributed by atoms with Crippen LogP contribution in [-0.4, -0.2) is 30.4 Å². The number of amides is 2. The van der Waals surface area contributed by atoms with Crippen molar-refractivity contribution in [2.75, 3.05) is 11.9 Å². The molecule has 0 radical (unpaired) electrons. The highest BCUT2D eigenvalue weighted by Crippen LogP contribution is 2.13. The summed E-state index contributed by atoms with van der Waals surface area (Å²) >= 11 is 5.81. The van der Waals surface area contributed by atoms with E-state index in [4.69, 9.17) is 16.3 Å². The maximum atomic E-state index is 13.6. The predicted octanol–water partition coefficient (Wildman–Crippen LogP) is 3.81. The normalized spacial score (nSPS) is 11.6. The van der Waals surface area contributed by atoms with Crippen LogP contribution in [0.5, 0.6) is 0 Å². The second-order valence-corrected chi connectivity index (χ2v) is 7.23. The van der Waals surface area contributed by atoms with E-state index in [0.717, 1.165) is 0 Å². The lowest BCUT2D eigenvalue weighted by Crippen LogP contribution is -2.43. The molecule has 0 fully saturated rings. The molecule has 1 atom stereocenters. The van der Waals surface area contributed by atoms with Crippen molar-refractivity contribution in [1.82, 2.24) is 5.32 Å². The number of halogens is 2. The molecule has 8 heteroatoms. The highest BCUT2D eigenvalue weighted by molar-refractivity contribution is 6.30. The number of esters is 1. The number of anilines is 1. The van der Waals surface area contributed by atoms with E-state index in [0.29, 0.717) is 17.0 Å². The molecule has 2 aromatic rings. The maximum absolute atomic E-state index is 13.6. The van der Waals surface area contributed by atoms with Crippen LogP contribution in [0.1, 0.15) is 30.6 Å². The fraction of sp³-hybridized carbons (Fsp3) is 0.286. The molecule has 2 aromatic carbocycles. The lowest BCUT2D eigenvalue weighted by molar-refractivity contribution is -0.149. The topological polar surface area (TPSA) is 84.5 Å². The van der Waals surface area contributed by atoms with Crippen LogP contribution in [0.2, 0.25) is 5.02 Å². The maximum Gasteiger partial charge on any atom is 0.329 e. The first-order valence-electron chi connectivity index (χ1n) is 9.03. The average molecular weight is 421 g/mol. The lowest BCUT2D eigenvalue weighted by atomic mass is 10.0. The number of ether oxygens (including phenoxy) is 1. The molecule has 0 aliphatic carbocycles. The lowest BCUT2D eigenvalue weighted by Gasteiger charge is -2.19. The van der Waals surface area contributed by atoms with Gasteiger partial charge in [-0.15, -0.1) is 0 Å². The minimum absolute atomic E-state index is 0.0108. The van der Waals surface area contributed by atoms with Crippen molar-refractivity contribution in [3.8, 4) is 0 Å². The minimum atomic E-state index is -0.931. The van der Waals surface area contributed by atoms with Crippen LogP contribution in [0.4, 0.5) is 10.1 Å². The summed E-state index contributed by atoms with van der Waals surface area (Å²) in [7, 11) is 0. The van der Waals surface area contributed by atoms with E-state index in [1.807, 2.05) is 13.8 Å². The standard InChI is InChI=1S/C21H22ClFN2O4/c1-13(2)11-18(25-20(27)14-7-9-15(22)10-8-14)21(28)29-12-19(26)24-17-6-4-3-5-16(17)23/h3-10,13,18H,11-12H2,1-2H3,(H,24,26)(H,25,27)/t18-/m1/s1. The second-order valence-electron chi connectivity index (χ2n) is 6.80. The summed E-state index contributed by atoms with van der Waals surface area (Å²) in [6, 6.07) is 10.9. The van der Waals surface area contributed by atoms with Crippen molar-refractivity contribution in [3.05, 3.63) is 64.9 Å². The largest absolute Gasteiger partial charge is 0.454 e. The molecule has 6 nitrogen and oxygen atoms in total.